The van der Waals surface area contributed by atoms with Crippen LogP contribution < -0.4 is 19.6 Å². The summed E-state index contributed by atoms with van der Waals surface area (Å²) in [6, 6.07) is 14.7. The van der Waals surface area contributed by atoms with Crippen molar-refractivity contribution in [3.63, 3.8) is 0 Å². The number of phenols is 1. The number of benzene rings is 2. The monoisotopic (exact) mass is 517 g/mol. The zero-order chi connectivity index (χ0) is 25.0. The van der Waals surface area contributed by atoms with E-state index < -0.39 is 16.4 Å². The van der Waals surface area contributed by atoms with Crippen molar-refractivity contribution >= 4 is 40.1 Å². The normalized spacial score (nSPS) is 16.7. The first kappa shape index (κ1) is 22.4. The number of phenolic OH excluding ortho intramolecular Hbond substituents is 1. The quantitative estimate of drug-likeness (QED) is 0.325. The van der Waals surface area contributed by atoms with Crippen molar-refractivity contribution in [3.8, 4) is 11.5 Å². The van der Waals surface area contributed by atoms with Gasteiger partial charge in [0, 0.05) is 16.5 Å². The third-order valence-electron chi connectivity index (χ3n) is 6.48. The van der Waals surface area contributed by atoms with Crippen LogP contribution in [-0.2, 0) is 6.42 Å². The van der Waals surface area contributed by atoms with Gasteiger partial charge in [0.1, 0.15) is 0 Å². The number of aromatic nitrogens is 1. The van der Waals surface area contributed by atoms with Crippen molar-refractivity contribution in [1.82, 2.24) is 4.57 Å². The van der Waals surface area contributed by atoms with Crippen molar-refractivity contribution in [3.05, 3.63) is 111 Å². The van der Waals surface area contributed by atoms with Gasteiger partial charge in [0.15, 0.2) is 10.6 Å². The summed E-state index contributed by atoms with van der Waals surface area (Å²) in [7, 11) is 1.32. The fourth-order valence-corrected chi connectivity index (χ4v) is 6.71. The molecule has 1 atom stereocenters. The van der Waals surface area contributed by atoms with Crippen molar-refractivity contribution in [2.75, 3.05) is 7.11 Å². The number of methoxy groups -OCH3 is 1. The van der Waals surface area contributed by atoms with Crippen LogP contribution in [0.15, 0.2) is 69.3 Å². The van der Waals surface area contributed by atoms with E-state index in [9.17, 15) is 20.0 Å². The van der Waals surface area contributed by atoms with Gasteiger partial charge in [0.25, 0.3) is 5.56 Å². The number of nitro benzene ring substituents is 1. The first-order valence-corrected chi connectivity index (χ1v) is 12.9. The SMILES string of the molecule is COc1cc(/C=c2/sc3n(c2=O)[C@H](c2cccs2)C2=C(N=3)c3ccccc3CC2)cc([N+](=O)[O-])c1O. The molecule has 2 aromatic heterocycles. The second kappa shape index (κ2) is 8.58. The largest absolute Gasteiger partial charge is 0.500 e. The zero-order valence-corrected chi connectivity index (χ0v) is 20.6. The molecule has 1 aliphatic carbocycles. The van der Waals surface area contributed by atoms with E-state index in [4.69, 9.17) is 9.73 Å². The Kier molecular flexibility index (Phi) is 5.35. The third-order valence-corrected chi connectivity index (χ3v) is 8.38. The van der Waals surface area contributed by atoms with Gasteiger partial charge in [-0.3, -0.25) is 19.5 Å². The molecule has 2 aromatic carbocycles. The number of aryl methyl sites for hydroxylation is 1. The average Bonchev–Trinajstić information content (AvgIpc) is 3.52. The Hall–Kier alpha value is -4.02. The molecule has 3 heterocycles. The van der Waals surface area contributed by atoms with E-state index in [2.05, 4.69) is 12.1 Å². The van der Waals surface area contributed by atoms with Gasteiger partial charge in [0.05, 0.1) is 28.3 Å². The predicted octanol–water partition coefficient (Wildman–Crippen LogP) is 4.00. The van der Waals surface area contributed by atoms with Crippen LogP contribution in [0.4, 0.5) is 5.69 Å². The predicted molar refractivity (Wildman–Crippen MR) is 138 cm³/mol. The minimum atomic E-state index is -0.681. The Morgan fingerprint density at radius 3 is 2.81 bits per heavy atom. The maximum atomic E-state index is 13.7. The van der Waals surface area contributed by atoms with Crippen molar-refractivity contribution in [2.24, 2.45) is 4.99 Å². The van der Waals surface area contributed by atoms with Gasteiger partial charge >= 0.3 is 5.69 Å². The van der Waals surface area contributed by atoms with Crippen LogP contribution in [-0.4, -0.2) is 21.7 Å². The maximum absolute atomic E-state index is 13.7. The van der Waals surface area contributed by atoms with E-state index in [0.29, 0.717) is 14.9 Å². The van der Waals surface area contributed by atoms with Crippen LogP contribution in [0, 0.1) is 10.1 Å². The standard InChI is InChI=1S/C26H19N3O5S2/c1-34-19-12-14(11-18(24(19)30)29(32)33)13-21-25(31)28-23(20-7-4-10-35-20)17-9-8-15-5-2-3-6-16(15)22(17)27-26(28)36-21/h2-7,10-13,23,30H,8-9H2,1H3/b21-13+/t23-/m0/s1. The Morgan fingerprint density at radius 1 is 1.22 bits per heavy atom. The van der Waals surface area contributed by atoms with Crippen molar-refractivity contribution < 1.29 is 14.8 Å². The van der Waals surface area contributed by atoms with E-state index >= 15 is 0 Å². The fourth-order valence-electron chi connectivity index (χ4n) is 4.86. The lowest BCUT2D eigenvalue weighted by Gasteiger charge is -2.30. The molecule has 0 saturated heterocycles. The molecular formula is C26H19N3O5S2. The van der Waals surface area contributed by atoms with Gasteiger partial charge in [0.2, 0.25) is 5.75 Å². The van der Waals surface area contributed by atoms with E-state index in [1.807, 2.05) is 29.6 Å². The molecule has 0 unspecified atom stereocenters. The molecule has 0 spiro atoms. The molecule has 4 aromatic rings. The molecule has 1 N–H and O–H groups in total. The minimum Gasteiger partial charge on any atom is -0.500 e. The number of hydrogen-bond donors (Lipinski definition) is 1. The number of thiophene rings is 1. The second-order valence-corrected chi connectivity index (χ2v) is 10.5. The number of nitro groups is 1. The number of hydrogen-bond acceptors (Lipinski definition) is 8. The lowest BCUT2D eigenvalue weighted by atomic mass is 9.85. The van der Waals surface area contributed by atoms with Crippen LogP contribution in [0.25, 0.3) is 11.8 Å². The van der Waals surface area contributed by atoms with Crippen molar-refractivity contribution in [1.29, 1.82) is 0 Å². The van der Waals surface area contributed by atoms with Gasteiger partial charge in [-0.15, -0.1) is 11.3 Å². The smallest absolute Gasteiger partial charge is 0.315 e. The van der Waals surface area contributed by atoms with Crippen LogP contribution in [0.1, 0.15) is 34.0 Å². The van der Waals surface area contributed by atoms with E-state index in [0.717, 1.165) is 34.6 Å². The van der Waals surface area contributed by atoms with Gasteiger partial charge in [-0.1, -0.05) is 41.7 Å². The Labute approximate surface area is 212 Å². The highest BCUT2D eigenvalue weighted by atomic mass is 32.1. The van der Waals surface area contributed by atoms with Gasteiger partial charge in [-0.25, -0.2) is 4.99 Å². The van der Waals surface area contributed by atoms with Crippen molar-refractivity contribution in [2.45, 2.75) is 18.9 Å². The molecular weight excluding hydrogens is 498 g/mol. The number of aromatic hydroxyl groups is 1. The van der Waals surface area contributed by atoms with Crippen LogP contribution in [0.3, 0.4) is 0 Å². The molecule has 2 aliphatic rings. The molecule has 0 radical (unpaired) electrons. The molecule has 6 rings (SSSR count). The molecule has 0 bridgehead atoms. The number of allylic oxidation sites excluding steroid dienone is 1. The summed E-state index contributed by atoms with van der Waals surface area (Å²) in [4.78, 5) is 31.1. The molecule has 1 aliphatic heterocycles. The highest BCUT2D eigenvalue weighted by molar-refractivity contribution is 7.10. The Morgan fingerprint density at radius 2 is 2.06 bits per heavy atom. The van der Waals surface area contributed by atoms with Crippen LogP contribution >= 0.6 is 22.7 Å². The highest BCUT2D eigenvalue weighted by Gasteiger charge is 2.33. The summed E-state index contributed by atoms with van der Waals surface area (Å²) in [5, 5.41) is 23.6. The zero-order valence-electron chi connectivity index (χ0n) is 19.0. The van der Waals surface area contributed by atoms with Crippen LogP contribution in [0.5, 0.6) is 11.5 Å². The molecule has 8 nitrogen and oxygen atoms in total. The lowest BCUT2D eigenvalue weighted by Crippen LogP contribution is -2.38. The second-order valence-electron chi connectivity index (χ2n) is 8.48. The van der Waals surface area contributed by atoms with Gasteiger partial charge < -0.3 is 9.84 Å². The van der Waals surface area contributed by atoms with Crippen LogP contribution in [0.2, 0.25) is 0 Å². The molecule has 0 saturated carbocycles. The van der Waals surface area contributed by atoms with E-state index in [-0.39, 0.29) is 17.4 Å². The number of thiazole rings is 1. The molecule has 36 heavy (non-hydrogen) atoms. The fraction of sp³-hybridized carbons (Fsp3) is 0.154. The topological polar surface area (TPSA) is 107 Å². The minimum absolute atomic E-state index is 0.0354. The Balaban J connectivity index is 1.60. The molecule has 10 heteroatoms. The van der Waals surface area contributed by atoms with E-state index in [1.165, 1.54) is 36.1 Å². The first-order valence-electron chi connectivity index (χ1n) is 11.2. The number of nitrogens with zero attached hydrogens (tertiary/aromatic N) is 3. The summed E-state index contributed by atoms with van der Waals surface area (Å²) < 4.78 is 7.24. The number of fused-ring (bicyclic) bond motifs is 3. The maximum Gasteiger partial charge on any atom is 0.315 e. The summed E-state index contributed by atoms with van der Waals surface area (Å²) in [6.45, 7) is 0. The third kappa shape index (κ3) is 3.49. The summed E-state index contributed by atoms with van der Waals surface area (Å²) >= 11 is 2.85. The Bertz CT molecular complexity index is 1750. The summed E-state index contributed by atoms with van der Waals surface area (Å²) in [5.41, 5.74) is 4.06. The molecule has 180 valence electrons. The summed E-state index contributed by atoms with van der Waals surface area (Å²) in [6.07, 6.45) is 3.28. The molecule has 0 amide bonds. The molecule has 0 fully saturated rings. The van der Waals surface area contributed by atoms with E-state index in [1.54, 1.807) is 22.0 Å². The first-order chi connectivity index (χ1) is 17.5. The number of ether oxygens (including phenoxy) is 1. The average molecular weight is 518 g/mol. The van der Waals surface area contributed by atoms with Gasteiger partial charge in [-0.05, 0) is 53.1 Å². The lowest BCUT2D eigenvalue weighted by molar-refractivity contribution is -0.386. The van der Waals surface area contributed by atoms with Gasteiger partial charge in [-0.2, -0.15) is 0 Å². The summed E-state index contributed by atoms with van der Waals surface area (Å²) in [5.74, 6) is -0.586. The number of rotatable bonds is 4. The highest BCUT2D eigenvalue weighted by Crippen LogP contribution is 2.42.